The fourth-order valence-electron chi connectivity index (χ4n) is 12.2. The second-order valence-electron chi connectivity index (χ2n) is 16.8. The largest absolute Gasteiger partial charge is 0.477 e. The van der Waals surface area contributed by atoms with Gasteiger partial charge in [-0.15, -0.1) is 32.3 Å². The lowest BCUT2D eigenvalue weighted by Crippen LogP contribution is -2.62. The van der Waals surface area contributed by atoms with Crippen molar-refractivity contribution in [1.82, 2.24) is 10.2 Å². The van der Waals surface area contributed by atoms with Gasteiger partial charge in [0.05, 0.1) is 5.41 Å². The van der Waals surface area contributed by atoms with Gasteiger partial charge in [0.1, 0.15) is 17.2 Å². The monoisotopic (exact) mass is 735 g/mol. The summed E-state index contributed by atoms with van der Waals surface area (Å²) in [6.45, 7) is 20.3. The minimum absolute atomic E-state index is 0.0663. The summed E-state index contributed by atoms with van der Waals surface area (Å²) in [6.07, 6.45) is 30.9. The van der Waals surface area contributed by atoms with E-state index in [4.69, 9.17) is 0 Å². The topological polar surface area (TPSA) is 69.6 Å². The lowest BCUT2D eigenvalue weighted by atomic mass is 9.36. The predicted molar refractivity (Wildman–Crippen MR) is 216 cm³/mol. The molecule has 294 valence electrons. The number of carboxylic acid groups (broad SMARTS) is 1. The van der Waals surface area contributed by atoms with E-state index in [0.717, 1.165) is 57.1 Å². The molecule has 5 aliphatic rings. The first-order chi connectivity index (χ1) is 25.1. The summed E-state index contributed by atoms with van der Waals surface area (Å²) in [7, 11) is 4.09. The summed E-state index contributed by atoms with van der Waals surface area (Å²) < 4.78 is 29.6. The van der Waals surface area contributed by atoms with Crippen LogP contribution in [0.3, 0.4) is 0 Å². The molecule has 0 spiro atoms. The highest BCUT2D eigenvalue weighted by molar-refractivity contribution is 5.89. The number of likely N-dealkylation sites (N-methyl/N-ethyl adjacent to an activating group) is 1. The number of carboxylic acids is 1. The van der Waals surface area contributed by atoms with Gasteiger partial charge in [-0.25, -0.2) is 13.6 Å². The number of hydrogen-bond donors (Lipinski definition) is 2. The fraction of sp³-hybridized carbons (Fsp3) is 0.652. The molecule has 6 rings (SSSR count). The van der Waals surface area contributed by atoms with Gasteiger partial charge in [-0.3, -0.25) is 4.79 Å². The SMILES string of the molecule is C#C.C#C.C=CC.CC.CN(C)CCNC(=O)[C@]12CCCC1[C@H]1CCC3[C@@](C)(CCC4C(C)(C)C(c5cc(F)c(C(=O)O)c(F)c5)=CC[C@@]43C)C1CC2. The van der Waals surface area contributed by atoms with Crippen molar-refractivity contribution in [3.8, 4) is 25.7 Å². The number of benzene rings is 1. The van der Waals surface area contributed by atoms with Crippen LogP contribution in [-0.4, -0.2) is 49.1 Å². The number of aromatic carboxylic acids is 1. The highest BCUT2D eigenvalue weighted by Crippen LogP contribution is 2.73. The molecule has 53 heavy (non-hydrogen) atoms. The number of halogens is 2. The van der Waals surface area contributed by atoms with Crippen molar-refractivity contribution in [2.45, 2.75) is 113 Å². The molecule has 4 fully saturated rings. The van der Waals surface area contributed by atoms with E-state index < -0.39 is 23.2 Å². The smallest absolute Gasteiger partial charge is 0.341 e. The Kier molecular flexibility index (Phi) is 16.2. The molecule has 0 radical (unpaired) electrons. The maximum atomic E-state index is 14.8. The lowest BCUT2D eigenvalue weighted by Gasteiger charge is -2.68. The molecule has 5 aliphatic carbocycles. The molecule has 0 saturated heterocycles. The van der Waals surface area contributed by atoms with Crippen LogP contribution in [0.2, 0.25) is 0 Å². The van der Waals surface area contributed by atoms with Gasteiger partial charge in [0, 0.05) is 13.1 Å². The van der Waals surface area contributed by atoms with Gasteiger partial charge < -0.3 is 15.3 Å². The Morgan fingerprint density at radius 3 is 2.04 bits per heavy atom. The number of allylic oxidation sites excluding steroid dienone is 3. The molecular formula is C46H68F2N2O3. The van der Waals surface area contributed by atoms with Gasteiger partial charge in [0.15, 0.2) is 0 Å². The molecule has 5 nitrogen and oxygen atoms in total. The summed E-state index contributed by atoms with van der Waals surface area (Å²) in [5.74, 6) is -0.683. The fourth-order valence-corrected chi connectivity index (χ4v) is 12.2. The number of hydrogen-bond acceptors (Lipinski definition) is 3. The Morgan fingerprint density at radius 2 is 1.49 bits per heavy atom. The Morgan fingerprint density at radius 1 is 0.906 bits per heavy atom. The molecular weight excluding hydrogens is 667 g/mol. The predicted octanol–water partition coefficient (Wildman–Crippen LogP) is 10.5. The Bertz CT molecular complexity index is 1480. The van der Waals surface area contributed by atoms with E-state index in [2.05, 4.69) is 76.3 Å². The molecule has 0 heterocycles. The maximum absolute atomic E-state index is 14.8. The number of amides is 1. The van der Waals surface area contributed by atoms with Crippen LogP contribution in [0.1, 0.15) is 129 Å². The van der Waals surface area contributed by atoms with Gasteiger partial charge in [-0.2, -0.15) is 0 Å². The van der Waals surface area contributed by atoms with Crippen LogP contribution in [0.15, 0.2) is 30.9 Å². The van der Waals surface area contributed by atoms with Crippen LogP contribution >= 0.6 is 0 Å². The molecule has 4 saturated carbocycles. The van der Waals surface area contributed by atoms with E-state index in [-0.39, 0.29) is 21.7 Å². The van der Waals surface area contributed by atoms with Gasteiger partial charge in [0.2, 0.25) is 5.91 Å². The Balaban J connectivity index is 0.000000998. The van der Waals surface area contributed by atoms with Crippen molar-refractivity contribution >= 4 is 17.4 Å². The van der Waals surface area contributed by atoms with E-state index in [9.17, 15) is 23.5 Å². The number of terminal acetylenes is 2. The first-order valence-corrected chi connectivity index (χ1v) is 19.7. The van der Waals surface area contributed by atoms with Gasteiger partial charge in [-0.1, -0.05) is 60.1 Å². The number of nitrogens with zero attached hydrogens (tertiary/aromatic N) is 1. The molecule has 0 aromatic heterocycles. The third-order valence-electron chi connectivity index (χ3n) is 14.0. The van der Waals surface area contributed by atoms with Gasteiger partial charge in [0.25, 0.3) is 0 Å². The molecule has 1 aromatic rings. The second-order valence-corrected chi connectivity index (χ2v) is 16.8. The molecule has 7 heteroatoms. The minimum Gasteiger partial charge on any atom is -0.477 e. The number of nitrogens with one attached hydrogen (secondary N) is 1. The average Bonchev–Trinajstić information content (AvgIpc) is 3.56. The highest BCUT2D eigenvalue weighted by atomic mass is 19.1. The van der Waals surface area contributed by atoms with E-state index in [0.29, 0.717) is 47.6 Å². The van der Waals surface area contributed by atoms with E-state index in [1.54, 1.807) is 6.08 Å². The van der Waals surface area contributed by atoms with Crippen LogP contribution in [0, 0.1) is 88.6 Å². The molecule has 8 atom stereocenters. The number of fused-ring (bicyclic) bond motifs is 7. The summed E-state index contributed by atoms with van der Waals surface area (Å²) in [5.41, 5.74) is 0.283. The van der Waals surface area contributed by atoms with Crippen molar-refractivity contribution in [3.05, 3.63) is 53.6 Å². The summed E-state index contributed by atoms with van der Waals surface area (Å²) in [4.78, 5) is 27.3. The standard InChI is InChI=1S/C37H52F2N2O3.C3H6.C2H6.2C2H2/c1-34(2)24(22-20-27(38)31(32(42)43)28(39)21-22)11-15-36(4)29(34)13-16-35(3)25-12-17-37(33(44)40-18-19-41(5)6)14-7-8-26(37)23(25)9-10-30(35)36;1-3-2;3*1-2/h11,20-21,23,25-26,29-30H,7-10,12-19H2,1-6H3,(H,40,44)(H,42,43);3H,1H2,2H3;1-2H3;2*1-2H/t23-,25?,26?,29?,30?,35-,36-,37-;;;;/m0..../s1. The minimum atomic E-state index is -1.58. The van der Waals surface area contributed by atoms with E-state index >= 15 is 0 Å². The zero-order chi connectivity index (χ0) is 40.5. The number of carbonyl (C=O) groups excluding carboxylic acids is 1. The number of carbonyl (C=O) groups is 2. The Hall–Kier alpha value is -3.42. The second kappa shape index (κ2) is 18.8. The van der Waals surface area contributed by atoms with Crippen molar-refractivity contribution in [1.29, 1.82) is 0 Å². The summed E-state index contributed by atoms with van der Waals surface area (Å²) in [5, 5.41) is 12.6. The molecule has 2 N–H and O–H groups in total. The first kappa shape index (κ1) is 45.7. The van der Waals surface area contributed by atoms with Crippen LogP contribution < -0.4 is 5.32 Å². The van der Waals surface area contributed by atoms with Crippen molar-refractivity contribution in [3.63, 3.8) is 0 Å². The van der Waals surface area contributed by atoms with E-state index in [1.807, 2.05) is 34.9 Å². The van der Waals surface area contributed by atoms with E-state index in [1.165, 1.54) is 31.4 Å². The molecule has 1 aromatic carbocycles. The zero-order valence-corrected chi connectivity index (χ0v) is 34.2. The van der Waals surface area contributed by atoms with Gasteiger partial charge >= 0.3 is 5.97 Å². The van der Waals surface area contributed by atoms with Crippen LogP contribution in [0.5, 0.6) is 0 Å². The quantitative estimate of drug-likeness (QED) is 0.226. The van der Waals surface area contributed by atoms with Gasteiger partial charge in [-0.05, 0) is 148 Å². The van der Waals surface area contributed by atoms with Crippen molar-refractivity contribution in [2.24, 2.45) is 51.2 Å². The third kappa shape index (κ3) is 8.32. The summed E-state index contributed by atoms with van der Waals surface area (Å²) >= 11 is 0. The summed E-state index contributed by atoms with van der Waals surface area (Å²) in [6, 6.07) is 2.43. The highest BCUT2D eigenvalue weighted by Gasteiger charge is 2.66. The average molecular weight is 735 g/mol. The Labute approximate surface area is 320 Å². The molecule has 0 aliphatic heterocycles. The normalized spacial score (nSPS) is 32.8. The zero-order valence-electron chi connectivity index (χ0n) is 34.2. The van der Waals surface area contributed by atoms with Crippen LogP contribution in [-0.2, 0) is 4.79 Å². The molecule has 1 amide bonds. The third-order valence-corrected chi connectivity index (χ3v) is 14.0. The molecule has 4 unspecified atom stereocenters. The molecule has 0 bridgehead atoms. The number of rotatable bonds is 6. The van der Waals surface area contributed by atoms with Crippen molar-refractivity contribution < 1.29 is 23.5 Å². The van der Waals surface area contributed by atoms with Crippen LogP contribution in [0.4, 0.5) is 8.78 Å². The maximum Gasteiger partial charge on any atom is 0.341 e. The lowest BCUT2D eigenvalue weighted by molar-refractivity contribution is -0.181. The first-order valence-electron chi connectivity index (χ1n) is 19.7. The van der Waals surface area contributed by atoms with Crippen LogP contribution in [0.25, 0.3) is 5.57 Å². The van der Waals surface area contributed by atoms with Crippen molar-refractivity contribution in [2.75, 3.05) is 27.2 Å².